The fourth-order valence-electron chi connectivity index (χ4n) is 2.06. The number of carboxylic acid groups (broad SMARTS) is 1. The van der Waals surface area contributed by atoms with Gasteiger partial charge in [-0.25, -0.2) is 4.79 Å². The molecular weight excluding hydrogens is 406 g/mol. The van der Waals surface area contributed by atoms with Crippen molar-refractivity contribution in [2.24, 2.45) is 22.9 Å². The van der Waals surface area contributed by atoms with Crippen LogP contribution in [-0.4, -0.2) is 71.2 Å². The quantitative estimate of drug-likeness (QED) is 0.130. The monoisotopic (exact) mass is 431 g/mol. The van der Waals surface area contributed by atoms with Gasteiger partial charge in [0.05, 0.1) is 25.4 Å². The lowest BCUT2D eigenvalue weighted by Gasteiger charge is -2.20. The highest BCUT2D eigenvalue weighted by Gasteiger charge is 2.27. The second-order valence-electron chi connectivity index (χ2n) is 6.19. The molecule has 0 fully saturated rings. The second kappa shape index (κ2) is 12.7. The van der Waals surface area contributed by atoms with Crippen molar-refractivity contribution < 1.29 is 38.7 Å². The molecule has 0 rings (SSSR count). The van der Waals surface area contributed by atoms with Gasteiger partial charge in [-0.1, -0.05) is 0 Å². The van der Waals surface area contributed by atoms with Crippen LogP contribution in [0.15, 0.2) is 0 Å². The smallest absolute Gasteiger partial charge is 0.326 e. The normalized spacial score (nSPS) is 13.2. The number of carbonyl (C=O) groups is 7. The van der Waals surface area contributed by atoms with E-state index in [-0.39, 0.29) is 12.8 Å². The Balaban J connectivity index is 4.87. The van der Waals surface area contributed by atoms with Crippen LogP contribution in [0.4, 0.5) is 0 Å². The average molecular weight is 431 g/mol. The molecule has 30 heavy (non-hydrogen) atoms. The van der Waals surface area contributed by atoms with E-state index in [2.05, 4.69) is 10.6 Å². The first-order chi connectivity index (χ1) is 13.8. The van der Waals surface area contributed by atoms with Crippen LogP contribution in [0, 0.1) is 0 Å². The molecule has 15 heteroatoms. The van der Waals surface area contributed by atoms with Gasteiger partial charge >= 0.3 is 5.97 Å². The number of primary amides is 3. The summed E-state index contributed by atoms with van der Waals surface area (Å²) in [6, 6.07) is -4.28. The summed E-state index contributed by atoms with van der Waals surface area (Å²) in [6.07, 6.45) is -1.58. The van der Waals surface area contributed by atoms with Gasteiger partial charge in [-0.05, 0) is 6.42 Å². The fourth-order valence-corrected chi connectivity index (χ4v) is 2.06. The Labute approximate surface area is 170 Å². The lowest BCUT2D eigenvalue weighted by atomic mass is 10.1. The van der Waals surface area contributed by atoms with Gasteiger partial charge in [-0.15, -0.1) is 0 Å². The molecule has 0 aromatic heterocycles. The zero-order valence-corrected chi connectivity index (χ0v) is 15.9. The van der Waals surface area contributed by atoms with Crippen LogP contribution in [0.1, 0.15) is 25.7 Å². The molecule has 0 heterocycles. The van der Waals surface area contributed by atoms with Gasteiger partial charge in [-0.2, -0.15) is 0 Å². The number of rotatable bonds is 14. The molecule has 0 bridgehead atoms. The third kappa shape index (κ3) is 11.2. The highest BCUT2D eigenvalue weighted by molar-refractivity contribution is 5.95. The van der Waals surface area contributed by atoms with E-state index in [4.69, 9.17) is 28.0 Å². The number of carbonyl (C=O) groups excluding carboxylic acids is 6. The predicted molar refractivity (Wildman–Crippen MR) is 98.5 cm³/mol. The molecule has 0 aliphatic rings. The number of carboxylic acids is 1. The SMILES string of the molecule is NC(=O)CCC(N)C(=O)NC(CC(N)=O)C(=O)NCC(=O)NC(CC(N)=O)C(=O)O. The van der Waals surface area contributed by atoms with Crippen LogP contribution < -0.4 is 38.9 Å². The van der Waals surface area contributed by atoms with E-state index in [9.17, 15) is 33.6 Å². The van der Waals surface area contributed by atoms with Gasteiger partial charge in [0.15, 0.2) is 0 Å². The Hall–Kier alpha value is -3.75. The van der Waals surface area contributed by atoms with Gasteiger partial charge in [-0.3, -0.25) is 28.8 Å². The Kier molecular flexibility index (Phi) is 11.1. The summed E-state index contributed by atoms with van der Waals surface area (Å²) < 4.78 is 0. The lowest BCUT2D eigenvalue weighted by Crippen LogP contribution is -2.54. The number of aliphatic carboxylic acids is 1. The van der Waals surface area contributed by atoms with Crippen molar-refractivity contribution >= 4 is 41.4 Å². The number of hydrogen-bond acceptors (Lipinski definition) is 8. The molecule has 0 radical (unpaired) electrons. The Bertz CT molecular complexity index is 711. The molecule has 0 aliphatic carbocycles. The first-order valence-corrected chi connectivity index (χ1v) is 8.54. The van der Waals surface area contributed by atoms with E-state index in [0.29, 0.717) is 0 Å². The largest absolute Gasteiger partial charge is 0.480 e. The summed E-state index contributed by atoms with van der Waals surface area (Å²) in [6.45, 7) is -0.736. The molecule has 0 aromatic carbocycles. The van der Waals surface area contributed by atoms with Crippen LogP contribution in [0.3, 0.4) is 0 Å². The van der Waals surface area contributed by atoms with E-state index < -0.39 is 78.9 Å². The molecule has 0 aliphatic heterocycles. The van der Waals surface area contributed by atoms with Crippen LogP contribution in [-0.2, 0) is 33.6 Å². The molecule has 12 N–H and O–H groups in total. The van der Waals surface area contributed by atoms with Crippen molar-refractivity contribution in [3.05, 3.63) is 0 Å². The molecular formula is C15H25N7O8. The van der Waals surface area contributed by atoms with E-state index in [1.165, 1.54) is 0 Å². The Morgan fingerprint density at radius 1 is 0.767 bits per heavy atom. The summed E-state index contributed by atoms with van der Waals surface area (Å²) in [5.74, 6) is -6.94. The minimum atomic E-state index is -1.60. The highest BCUT2D eigenvalue weighted by atomic mass is 16.4. The maximum atomic E-state index is 12.2. The van der Waals surface area contributed by atoms with Crippen LogP contribution in [0.2, 0.25) is 0 Å². The third-order valence-electron chi connectivity index (χ3n) is 3.54. The molecule has 168 valence electrons. The predicted octanol–water partition coefficient (Wildman–Crippen LogP) is -5.50. The van der Waals surface area contributed by atoms with Crippen molar-refractivity contribution in [2.75, 3.05) is 6.54 Å². The van der Waals surface area contributed by atoms with E-state index >= 15 is 0 Å². The summed E-state index contributed by atoms with van der Waals surface area (Å²) >= 11 is 0. The van der Waals surface area contributed by atoms with Gasteiger partial charge < -0.3 is 44.0 Å². The van der Waals surface area contributed by atoms with E-state index in [1.54, 1.807) is 0 Å². The van der Waals surface area contributed by atoms with Crippen molar-refractivity contribution in [1.82, 2.24) is 16.0 Å². The maximum absolute atomic E-state index is 12.2. The minimum Gasteiger partial charge on any atom is -0.480 e. The Morgan fingerprint density at radius 3 is 1.77 bits per heavy atom. The lowest BCUT2D eigenvalue weighted by molar-refractivity contribution is -0.143. The van der Waals surface area contributed by atoms with Gasteiger partial charge in [0.1, 0.15) is 12.1 Å². The average Bonchev–Trinajstić information content (AvgIpc) is 2.61. The molecule has 6 amide bonds. The molecule has 3 atom stereocenters. The van der Waals surface area contributed by atoms with Gasteiger partial charge in [0.2, 0.25) is 35.4 Å². The number of hydrogen-bond donors (Lipinski definition) is 8. The van der Waals surface area contributed by atoms with Crippen molar-refractivity contribution in [2.45, 2.75) is 43.8 Å². The highest BCUT2D eigenvalue weighted by Crippen LogP contribution is 1.98. The van der Waals surface area contributed by atoms with Crippen molar-refractivity contribution in [1.29, 1.82) is 0 Å². The number of nitrogens with one attached hydrogen (secondary N) is 3. The second-order valence-corrected chi connectivity index (χ2v) is 6.19. The van der Waals surface area contributed by atoms with Crippen LogP contribution >= 0.6 is 0 Å². The zero-order valence-electron chi connectivity index (χ0n) is 15.9. The minimum absolute atomic E-state index is 0.106. The van der Waals surface area contributed by atoms with Crippen LogP contribution in [0.5, 0.6) is 0 Å². The standard InChI is InChI=1S/C15H25N7O8/c16-6(1-2-9(17)23)13(27)22-7(3-10(18)24)14(28)20-5-12(26)21-8(15(29)30)4-11(19)25/h6-8H,1-5,16H2,(H2,17,23)(H2,18,24)(H2,19,25)(H,20,28)(H,21,26)(H,22,27)(H,29,30). The molecule has 0 saturated carbocycles. The molecule has 15 nitrogen and oxygen atoms in total. The summed E-state index contributed by atoms with van der Waals surface area (Å²) in [4.78, 5) is 79.6. The fraction of sp³-hybridized carbons (Fsp3) is 0.533. The van der Waals surface area contributed by atoms with Crippen molar-refractivity contribution in [3.63, 3.8) is 0 Å². The topological polar surface area (TPSA) is 280 Å². The molecule has 3 unspecified atom stereocenters. The van der Waals surface area contributed by atoms with Gasteiger partial charge in [0, 0.05) is 6.42 Å². The summed E-state index contributed by atoms with van der Waals surface area (Å²) in [5.41, 5.74) is 20.4. The van der Waals surface area contributed by atoms with Crippen molar-refractivity contribution in [3.8, 4) is 0 Å². The number of amides is 6. The van der Waals surface area contributed by atoms with Crippen LogP contribution in [0.25, 0.3) is 0 Å². The maximum Gasteiger partial charge on any atom is 0.326 e. The molecule has 0 spiro atoms. The first kappa shape index (κ1) is 26.2. The van der Waals surface area contributed by atoms with E-state index in [0.717, 1.165) is 0 Å². The Morgan fingerprint density at radius 2 is 1.30 bits per heavy atom. The molecule has 0 saturated heterocycles. The molecule has 0 aromatic rings. The summed E-state index contributed by atoms with van der Waals surface area (Å²) in [5, 5.41) is 15.1. The first-order valence-electron chi connectivity index (χ1n) is 8.54. The third-order valence-corrected chi connectivity index (χ3v) is 3.54. The zero-order chi connectivity index (χ0) is 23.4. The van der Waals surface area contributed by atoms with Gasteiger partial charge in [0.25, 0.3) is 0 Å². The van der Waals surface area contributed by atoms with E-state index in [1.807, 2.05) is 5.32 Å². The number of nitrogens with two attached hydrogens (primary N) is 4. The summed E-state index contributed by atoms with van der Waals surface area (Å²) in [7, 11) is 0.